The molecule has 0 spiro atoms. The van der Waals surface area contributed by atoms with Gasteiger partial charge >= 0.3 is 0 Å². The number of hydrogen-bond acceptors (Lipinski definition) is 4. The zero-order chi connectivity index (χ0) is 19.8. The van der Waals surface area contributed by atoms with Gasteiger partial charge in [-0.2, -0.15) is 0 Å². The Labute approximate surface area is 165 Å². The number of carbonyl (C=O) groups excluding carboxylic acids is 1. The van der Waals surface area contributed by atoms with Gasteiger partial charge in [0.25, 0.3) is 5.91 Å². The number of amides is 1. The Morgan fingerprint density at radius 2 is 1.71 bits per heavy atom. The highest BCUT2D eigenvalue weighted by Crippen LogP contribution is 2.31. The van der Waals surface area contributed by atoms with Crippen molar-refractivity contribution in [2.75, 3.05) is 20.8 Å². The summed E-state index contributed by atoms with van der Waals surface area (Å²) in [6.45, 7) is 0.993. The average molecular weight is 376 g/mol. The number of rotatable bonds is 8. The molecule has 0 aliphatic heterocycles. The summed E-state index contributed by atoms with van der Waals surface area (Å²) in [5.41, 5.74) is 2.50. The first-order valence-corrected chi connectivity index (χ1v) is 9.17. The van der Waals surface area contributed by atoms with Gasteiger partial charge in [-0.1, -0.05) is 42.5 Å². The van der Waals surface area contributed by atoms with Gasteiger partial charge in [-0.25, -0.2) is 0 Å². The first-order valence-electron chi connectivity index (χ1n) is 9.17. The molecule has 3 rings (SSSR count). The van der Waals surface area contributed by atoms with Gasteiger partial charge in [0.2, 0.25) is 0 Å². The lowest BCUT2D eigenvalue weighted by Crippen LogP contribution is -2.33. The Morgan fingerprint density at radius 1 is 0.929 bits per heavy atom. The zero-order valence-corrected chi connectivity index (χ0v) is 16.2. The highest BCUT2D eigenvalue weighted by atomic mass is 16.5. The van der Waals surface area contributed by atoms with Gasteiger partial charge in [0.15, 0.2) is 11.5 Å². The summed E-state index contributed by atoms with van der Waals surface area (Å²) in [5.74, 6) is 0.868. The minimum atomic E-state index is -0.114. The summed E-state index contributed by atoms with van der Waals surface area (Å²) >= 11 is 0. The molecule has 3 aromatic rings. The maximum Gasteiger partial charge on any atom is 0.258 e. The molecule has 0 saturated carbocycles. The van der Waals surface area contributed by atoms with Gasteiger partial charge in [0.1, 0.15) is 0 Å². The molecule has 144 valence electrons. The van der Waals surface area contributed by atoms with Crippen LogP contribution in [-0.2, 0) is 13.0 Å². The van der Waals surface area contributed by atoms with E-state index in [2.05, 4.69) is 17.1 Å². The monoisotopic (exact) mass is 376 g/mol. The fourth-order valence-electron chi connectivity index (χ4n) is 3.07. The largest absolute Gasteiger partial charge is 0.493 e. The summed E-state index contributed by atoms with van der Waals surface area (Å²) in [6.07, 6.45) is 2.49. The van der Waals surface area contributed by atoms with Crippen LogP contribution in [0.15, 0.2) is 72.9 Å². The van der Waals surface area contributed by atoms with E-state index in [9.17, 15) is 4.79 Å². The number of methoxy groups -OCH3 is 2. The maximum atomic E-state index is 13.4. The third-order valence-corrected chi connectivity index (χ3v) is 4.51. The van der Waals surface area contributed by atoms with Crippen molar-refractivity contribution in [3.63, 3.8) is 0 Å². The summed E-state index contributed by atoms with van der Waals surface area (Å²) in [6, 6.07) is 21.2. The number of benzene rings is 2. The predicted octanol–water partition coefficient (Wildman–Crippen LogP) is 3.98. The number of pyridine rings is 1. The van der Waals surface area contributed by atoms with Crippen molar-refractivity contribution in [3.05, 3.63) is 89.7 Å². The van der Waals surface area contributed by atoms with E-state index in [0.717, 1.165) is 12.1 Å². The maximum absolute atomic E-state index is 13.4. The van der Waals surface area contributed by atoms with E-state index >= 15 is 0 Å². The molecular weight excluding hydrogens is 352 g/mol. The first-order chi connectivity index (χ1) is 13.7. The third kappa shape index (κ3) is 4.68. The SMILES string of the molecule is COc1cccc(C(=O)N(CCc2ccccc2)Cc2ccccn2)c1OC. The van der Waals surface area contributed by atoms with Crippen LogP contribution >= 0.6 is 0 Å². The van der Waals surface area contributed by atoms with Gasteiger partial charge in [-0.3, -0.25) is 9.78 Å². The Morgan fingerprint density at radius 3 is 2.39 bits per heavy atom. The van der Waals surface area contributed by atoms with E-state index in [1.54, 1.807) is 43.5 Å². The van der Waals surface area contributed by atoms with E-state index in [4.69, 9.17) is 9.47 Å². The van der Waals surface area contributed by atoms with Gasteiger partial charge in [0, 0.05) is 12.7 Å². The lowest BCUT2D eigenvalue weighted by atomic mass is 10.1. The smallest absolute Gasteiger partial charge is 0.258 e. The second-order valence-electron chi connectivity index (χ2n) is 6.32. The number of para-hydroxylation sites is 1. The summed E-state index contributed by atoms with van der Waals surface area (Å²) < 4.78 is 10.8. The van der Waals surface area contributed by atoms with Crippen LogP contribution in [0.5, 0.6) is 11.5 Å². The topological polar surface area (TPSA) is 51.7 Å². The lowest BCUT2D eigenvalue weighted by molar-refractivity contribution is 0.0739. The lowest BCUT2D eigenvalue weighted by Gasteiger charge is -2.24. The molecule has 0 unspecified atom stereocenters. The number of nitrogens with zero attached hydrogens (tertiary/aromatic N) is 2. The molecule has 1 heterocycles. The number of aromatic nitrogens is 1. The van der Waals surface area contributed by atoms with E-state index in [1.807, 2.05) is 36.4 Å². The minimum Gasteiger partial charge on any atom is -0.493 e. The Kier molecular flexibility index (Phi) is 6.63. The molecule has 2 aromatic carbocycles. The minimum absolute atomic E-state index is 0.114. The molecule has 0 radical (unpaired) electrons. The van der Waals surface area contributed by atoms with Crippen molar-refractivity contribution < 1.29 is 14.3 Å². The van der Waals surface area contributed by atoms with Gasteiger partial charge in [0.05, 0.1) is 32.0 Å². The molecule has 0 saturated heterocycles. The molecule has 0 atom stereocenters. The molecule has 0 aliphatic rings. The highest BCUT2D eigenvalue weighted by Gasteiger charge is 2.22. The molecule has 28 heavy (non-hydrogen) atoms. The average Bonchev–Trinajstić information content (AvgIpc) is 2.76. The number of ether oxygens (including phenoxy) is 2. The molecule has 1 aromatic heterocycles. The van der Waals surface area contributed by atoms with Crippen LogP contribution < -0.4 is 9.47 Å². The van der Waals surface area contributed by atoms with Crippen LogP contribution in [0.4, 0.5) is 0 Å². The van der Waals surface area contributed by atoms with E-state index in [-0.39, 0.29) is 5.91 Å². The predicted molar refractivity (Wildman–Crippen MR) is 109 cm³/mol. The Bertz CT molecular complexity index is 898. The quantitative estimate of drug-likeness (QED) is 0.597. The Balaban J connectivity index is 1.88. The molecule has 0 fully saturated rings. The molecule has 5 nitrogen and oxygen atoms in total. The van der Waals surface area contributed by atoms with Crippen molar-refractivity contribution in [1.82, 2.24) is 9.88 Å². The van der Waals surface area contributed by atoms with Crippen molar-refractivity contribution in [2.45, 2.75) is 13.0 Å². The van der Waals surface area contributed by atoms with Gasteiger partial charge in [-0.05, 0) is 36.2 Å². The van der Waals surface area contributed by atoms with Crippen LogP contribution in [-0.4, -0.2) is 36.6 Å². The zero-order valence-electron chi connectivity index (χ0n) is 16.2. The van der Waals surface area contributed by atoms with E-state index < -0.39 is 0 Å². The summed E-state index contributed by atoms with van der Waals surface area (Å²) in [7, 11) is 3.11. The Hall–Kier alpha value is -3.34. The number of carbonyl (C=O) groups is 1. The third-order valence-electron chi connectivity index (χ3n) is 4.51. The molecule has 0 N–H and O–H groups in total. The van der Waals surface area contributed by atoms with E-state index in [0.29, 0.717) is 30.2 Å². The second-order valence-corrected chi connectivity index (χ2v) is 6.32. The fraction of sp³-hybridized carbons (Fsp3) is 0.217. The van der Waals surface area contributed by atoms with Crippen molar-refractivity contribution >= 4 is 5.91 Å². The number of hydrogen-bond donors (Lipinski definition) is 0. The first kappa shape index (κ1) is 19.4. The van der Waals surface area contributed by atoms with Gasteiger partial charge < -0.3 is 14.4 Å². The molecule has 5 heteroatoms. The molecular formula is C23H24N2O3. The molecule has 0 bridgehead atoms. The fourth-order valence-corrected chi connectivity index (χ4v) is 3.07. The summed E-state index contributed by atoms with van der Waals surface area (Å²) in [4.78, 5) is 19.6. The van der Waals surface area contributed by atoms with Crippen molar-refractivity contribution in [1.29, 1.82) is 0 Å². The van der Waals surface area contributed by atoms with Crippen LogP contribution in [0, 0.1) is 0 Å². The summed E-state index contributed by atoms with van der Waals surface area (Å²) in [5, 5.41) is 0. The normalized spacial score (nSPS) is 10.4. The van der Waals surface area contributed by atoms with Crippen LogP contribution in [0.25, 0.3) is 0 Å². The van der Waals surface area contributed by atoms with E-state index in [1.165, 1.54) is 5.56 Å². The molecule has 0 aliphatic carbocycles. The highest BCUT2D eigenvalue weighted by molar-refractivity contribution is 5.97. The molecule has 1 amide bonds. The van der Waals surface area contributed by atoms with Crippen molar-refractivity contribution in [3.8, 4) is 11.5 Å². The van der Waals surface area contributed by atoms with Crippen molar-refractivity contribution in [2.24, 2.45) is 0 Å². The van der Waals surface area contributed by atoms with Crippen LogP contribution in [0.2, 0.25) is 0 Å². The second kappa shape index (κ2) is 9.55. The van der Waals surface area contributed by atoms with Crippen LogP contribution in [0.1, 0.15) is 21.6 Å². The van der Waals surface area contributed by atoms with Gasteiger partial charge in [-0.15, -0.1) is 0 Å². The van der Waals surface area contributed by atoms with Crippen LogP contribution in [0.3, 0.4) is 0 Å². The standard InChI is InChI=1S/C23H24N2O3/c1-27-21-13-8-12-20(22(21)28-2)23(26)25(17-19-11-6-7-15-24-19)16-14-18-9-4-3-5-10-18/h3-13,15H,14,16-17H2,1-2H3.